The van der Waals surface area contributed by atoms with Crippen molar-refractivity contribution in [2.45, 2.75) is 20.0 Å². The molecule has 1 amide bonds. The molecule has 0 saturated heterocycles. The minimum absolute atomic E-state index is 0.216. The lowest BCUT2D eigenvalue weighted by atomic mass is 10.1. The van der Waals surface area contributed by atoms with Gasteiger partial charge in [0.15, 0.2) is 6.10 Å². The van der Waals surface area contributed by atoms with Gasteiger partial charge in [-0.15, -0.1) is 0 Å². The Bertz CT molecular complexity index is 811. The fraction of sp³-hybridized carbons (Fsp3) is 0.211. The van der Waals surface area contributed by atoms with E-state index in [0.717, 1.165) is 0 Å². The number of rotatable bonds is 6. The zero-order valence-corrected chi connectivity index (χ0v) is 14.0. The fourth-order valence-corrected chi connectivity index (χ4v) is 2.08. The van der Waals surface area contributed by atoms with Crippen molar-refractivity contribution in [2.24, 2.45) is 0 Å². The zero-order valence-electron chi connectivity index (χ0n) is 14.0. The highest BCUT2D eigenvalue weighted by atomic mass is 16.5. The highest BCUT2D eigenvalue weighted by Crippen LogP contribution is 2.24. The van der Waals surface area contributed by atoms with E-state index in [1.165, 1.54) is 19.1 Å². The number of anilines is 1. The van der Waals surface area contributed by atoms with E-state index in [2.05, 4.69) is 5.32 Å². The highest BCUT2D eigenvalue weighted by molar-refractivity contribution is 5.98. The summed E-state index contributed by atoms with van der Waals surface area (Å²) in [7, 11) is 0. The Hall–Kier alpha value is -3.33. The van der Waals surface area contributed by atoms with Gasteiger partial charge < -0.3 is 14.8 Å². The Morgan fingerprint density at radius 3 is 2.68 bits per heavy atom. The number of hydrogen-bond donors (Lipinski definition) is 1. The van der Waals surface area contributed by atoms with Crippen molar-refractivity contribution in [2.75, 3.05) is 11.9 Å². The number of hydrogen-bond acceptors (Lipinski definition) is 5. The van der Waals surface area contributed by atoms with Crippen LogP contribution >= 0.6 is 0 Å². The van der Waals surface area contributed by atoms with Gasteiger partial charge in [0.05, 0.1) is 29.5 Å². The maximum Gasteiger partial charge on any atom is 0.338 e. The Kier molecular flexibility index (Phi) is 6.13. The van der Waals surface area contributed by atoms with Crippen LogP contribution in [0.4, 0.5) is 5.69 Å². The van der Waals surface area contributed by atoms with E-state index in [1.807, 2.05) is 13.0 Å². The fourth-order valence-electron chi connectivity index (χ4n) is 2.08. The van der Waals surface area contributed by atoms with Crippen LogP contribution < -0.4 is 10.1 Å². The molecule has 0 aliphatic carbocycles. The zero-order chi connectivity index (χ0) is 18.2. The van der Waals surface area contributed by atoms with Gasteiger partial charge in [-0.2, -0.15) is 5.26 Å². The van der Waals surface area contributed by atoms with E-state index in [9.17, 15) is 9.59 Å². The molecule has 2 aromatic carbocycles. The molecule has 0 aliphatic heterocycles. The Balaban J connectivity index is 2.03. The predicted molar refractivity (Wildman–Crippen MR) is 92.3 cm³/mol. The van der Waals surface area contributed by atoms with Crippen molar-refractivity contribution in [1.82, 2.24) is 0 Å². The molecule has 0 heterocycles. The third-order valence-corrected chi connectivity index (χ3v) is 3.33. The van der Waals surface area contributed by atoms with Crippen LogP contribution in [0.1, 0.15) is 29.8 Å². The summed E-state index contributed by atoms with van der Waals surface area (Å²) in [4.78, 5) is 24.4. The van der Waals surface area contributed by atoms with Crippen LogP contribution in [0.2, 0.25) is 0 Å². The summed E-state index contributed by atoms with van der Waals surface area (Å²) in [5, 5.41) is 11.6. The third kappa shape index (κ3) is 4.82. The molecule has 1 atom stereocenters. The van der Waals surface area contributed by atoms with Gasteiger partial charge in [-0.25, -0.2) is 4.79 Å². The molecule has 0 fully saturated rings. The summed E-state index contributed by atoms with van der Waals surface area (Å²) in [6.45, 7) is 3.79. The molecule has 1 N–H and O–H groups in total. The normalized spacial score (nSPS) is 11.1. The van der Waals surface area contributed by atoms with E-state index in [0.29, 0.717) is 23.6 Å². The van der Waals surface area contributed by atoms with Crippen molar-refractivity contribution in [3.8, 4) is 11.8 Å². The summed E-state index contributed by atoms with van der Waals surface area (Å²) in [6, 6.07) is 15.1. The average molecular weight is 338 g/mol. The van der Waals surface area contributed by atoms with E-state index in [-0.39, 0.29) is 5.56 Å². The predicted octanol–water partition coefficient (Wildman–Crippen LogP) is 3.14. The number of nitrogens with zero attached hydrogens (tertiary/aromatic N) is 1. The average Bonchev–Trinajstić information content (AvgIpc) is 2.63. The standard InChI is InChI=1S/C19H18N2O4/c1-3-24-17-10-5-4-9-16(17)21-18(22)13(2)25-19(23)15-8-6-7-14(11-15)12-20/h4-11,13H,3H2,1-2H3,(H,21,22)/t13-/m1/s1. The molecule has 0 unspecified atom stereocenters. The number of carbonyl (C=O) groups excluding carboxylic acids is 2. The van der Waals surface area contributed by atoms with Crippen LogP contribution in [-0.2, 0) is 9.53 Å². The van der Waals surface area contributed by atoms with Crippen LogP contribution in [0.5, 0.6) is 5.75 Å². The van der Waals surface area contributed by atoms with Gasteiger partial charge in [-0.1, -0.05) is 18.2 Å². The molecule has 0 spiro atoms. The topological polar surface area (TPSA) is 88.4 Å². The van der Waals surface area contributed by atoms with E-state index >= 15 is 0 Å². The first kappa shape index (κ1) is 18.0. The lowest BCUT2D eigenvalue weighted by molar-refractivity contribution is -0.123. The maximum absolute atomic E-state index is 12.3. The number of para-hydroxylation sites is 2. The third-order valence-electron chi connectivity index (χ3n) is 3.33. The quantitative estimate of drug-likeness (QED) is 0.818. The lowest BCUT2D eigenvalue weighted by Crippen LogP contribution is -2.30. The Morgan fingerprint density at radius 1 is 1.20 bits per heavy atom. The molecule has 25 heavy (non-hydrogen) atoms. The van der Waals surface area contributed by atoms with E-state index in [1.54, 1.807) is 36.4 Å². The number of nitrogens with one attached hydrogen (secondary N) is 1. The van der Waals surface area contributed by atoms with Crippen molar-refractivity contribution >= 4 is 17.6 Å². The number of ether oxygens (including phenoxy) is 2. The van der Waals surface area contributed by atoms with Gasteiger partial charge in [0.2, 0.25) is 0 Å². The van der Waals surface area contributed by atoms with Crippen LogP contribution in [-0.4, -0.2) is 24.6 Å². The van der Waals surface area contributed by atoms with Crippen molar-refractivity contribution in [3.63, 3.8) is 0 Å². The summed E-state index contributed by atoms with van der Waals surface area (Å²) >= 11 is 0. The summed E-state index contributed by atoms with van der Waals surface area (Å²) in [5.74, 6) is -0.603. The largest absolute Gasteiger partial charge is 0.492 e. The van der Waals surface area contributed by atoms with Crippen LogP contribution in [0.3, 0.4) is 0 Å². The Morgan fingerprint density at radius 2 is 1.96 bits per heavy atom. The molecule has 128 valence electrons. The number of esters is 1. The van der Waals surface area contributed by atoms with Gasteiger partial charge in [0.25, 0.3) is 5.91 Å². The number of benzene rings is 2. The first-order chi connectivity index (χ1) is 12.0. The molecule has 6 heteroatoms. The molecular formula is C19H18N2O4. The second-order valence-electron chi connectivity index (χ2n) is 5.16. The number of nitriles is 1. The molecule has 2 rings (SSSR count). The van der Waals surface area contributed by atoms with Gasteiger partial charge in [0, 0.05) is 0 Å². The summed E-state index contributed by atoms with van der Waals surface area (Å²) < 4.78 is 10.6. The van der Waals surface area contributed by atoms with Crippen LogP contribution in [0.25, 0.3) is 0 Å². The summed E-state index contributed by atoms with van der Waals surface area (Å²) in [5.41, 5.74) is 1.06. The molecule has 0 bridgehead atoms. The molecule has 0 aliphatic rings. The van der Waals surface area contributed by atoms with Crippen molar-refractivity contribution in [1.29, 1.82) is 5.26 Å². The monoisotopic (exact) mass is 338 g/mol. The second-order valence-corrected chi connectivity index (χ2v) is 5.16. The van der Waals surface area contributed by atoms with Crippen molar-refractivity contribution < 1.29 is 19.1 Å². The van der Waals surface area contributed by atoms with E-state index < -0.39 is 18.0 Å². The molecule has 2 aromatic rings. The van der Waals surface area contributed by atoms with Gasteiger partial charge in [0.1, 0.15) is 5.75 Å². The lowest BCUT2D eigenvalue weighted by Gasteiger charge is -2.15. The number of amides is 1. The highest BCUT2D eigenvalue weighted by Gasteiger charge is 2.20. The van der Waals surface area contributed by atoms with Crippen molar-refractivity contribution in [3.05, 3.63) is 59.7 Å². The van der Waals surface area contributed by atoms with E-state index in [4.69, 9.17) is 14.7 Å². The molecular weight excluding hydrogens is 320 g/mol. The summed E-state index contributed by atoms with van der Waals surface area (Å²) in [6.07, 6.45) is -1.01. The maximum atomic E-state index is 12.3. The van der Waals surface area contributed by atoms with Gasteiger partial charge >= 0.3 is 5.97 Å². The molecule has 0 radical (unpaired) electrons. The molecule has 6 nitrogen and oxygen atoms in total. The number of carbonyl (C=O) groups is 2. The SMILES string of the molecule is CCOc1ccccc1NC(=O)[C@@H](C)OC(=O)c1cccc(C#N)c1. The Labute approximate surface area is 146 Å². The van der Waals surface area contributed by atoms with Crippen LogP contribution in [0.15, 0.2) is 48.5 Å². The van der Waals surface area contributed by atoms with Gasteiger partial charge in [-0.05, 0) is 44.2 Å². The second kappa shape index (κ2) is 8.50. The first-order valence-corrected chi connectivity index (χ1v) is 7.79. The minimum Gasteiger partial charge on any atom is -0.492 e. The smallest absolute Gasteiger partial charge is 0.338 e. The van der Waals surface area contributed by atoms with Gasteiger partial charge in [-0.3, -0.25) is 4.79 Å². The minimum atomic E-state index is -1.01. The molecule has 0 aromatic heterocycles. The first-order valence-electron chi connectivity index (χ1n) is 7.79. The molecule has 0 saturated carbocycles. The van der Waals surface area contributed by atoms with Crippen LogP contribution in [0, 0.1) is 11.3 Å².